The first kappa shape index (κ1) is 14.6. The van der Waals surface area contributed by atoms with Crippen LogP contribution in [0.5, 0.6) is 0 Å². The molecule has 3 heterocycles. The lowest BCUT2D eigenvalue weighted by atomic mass is 10.3. The highest BCUT2D eigenvalue weighted by Crippen LogP contribution is 2.31. The Morgan fingerprint density at radius 3 is 2.26 bits per heavy atom. The Labute approximate surface area is 135 Å². The summed E-state index contributed by atoms with van der Waals surface area (Å²) in [6.45, 7) is 2.38. The van der Waals surface area contributed by atoms with Crippen LogP contribution in [0.4, 0.5) is 5.82 Å². The third-order valence-corrected chi connectivity index (χ3v) is 6.77. The number of rotatable bonds is 4. The average molecular weight is 333 g/mol. The minimum atomic E-state index is -3.07. The molecule has 2 fully saturated rings. The highest BCUT2D eigenvalue weighted by Gasteiger charge is 2.41. The van der Waals surface area contributed by atoms with E-state index in [0.717, 1.165) is 24.5 Å². The topological polar surface area (TPSA) is 71.3 Å². The maximum atomic E-state index is 12.3. The van der Waals surface area contributed by atoms with Gasteiger partial charge in [-0.15, -0.1) is 0 Å². The van der Waals surface area contributed by atoms with Crippen LogP contribution in [0, 0.1) is 0 Å². The zero-order chi connectivity index (χ0) is 15.9. The molecule has 0 bridgehead atoms. The first-order chi connectivity index (χ1) is 11.1. The van der Waals surface area contributed by atoms with Gasteiger partial charge < -0.3 is 9.47 Å². The molecule has 2 aromatic rings. The maximum Gasteiger partial charge on any atom is 0.217 e. The third-order valence-electron chi connectivity index (χ3n) is 4.38. The quantitative estimate of drug-likeness (QED) is 0.831. The van der Waals surface area contributed by atoms with Gasteiger partial charge in [0.25, 0.3) is 0 Å². The summed E-state index contributed by atoms with van der Waals surface area (Å²) in [5.74, 6) is 1.65. The van der Waals surface area contributed by atoms with E-state index in [0.29, 0.717) is 26.2 Å². The van der Waals surface area contributed by atoms with Crippen molar-refractivity contribution in [3.63, 3.8) is 0 Å². The predicted molar refractivity (Wildman–Crippen MR) is 87.1 cm³/mol. The van der Waals surface area contributed by atoms with Gasteiger partial charge in [0.1, 0.15) is 18.0 Å². The summed E-state index contributed by atoms with van der Waals surface area (Å²) >= 11 is 0. The summed E-state index contributed by atoms with van der Waals surface area (Å²) in [4.78, 5) is 10.7. The van der Waals surface area contributed by atoms with Gasteiger partial charge in [0.2, 0.25) is 10.0 Å². The van der Waals surface area contributed by atoms with E-state index < -0.39 is 10.0 Å². The molecule has 1 saturated heterocycles. The smallest absolute Gasteiger partial charge is 0.217 e. The second-order valence-corrected chi connectivity index (χ2v) is 8.17. The van der Waals surface area contributed by atoms with Crippen molar-refractivity contribution < 1.29 is 8.42 Å². The molecule has 0 unspecified atom stereocenters. The molecule has 0 radical (unpaired) electrons. The van der Waals surface area contributed by atoms with Crippen LogP contribution in [0.2, 0.25) is 0 Å². The minimum Gasteiger partial charge on any atom is -0.354 e. The highest BCUT2D eigenvalue weighted by molar-refractivity contribution is 7.90. The van der Waals surface area contributed by atoms with Crippen molar-refractivity contribution in [3.8, 4) is 5.82 Å². The van der Waals surface area contributed by atoms with Crippen molar-refractivity contribution in [3.05, 3.63) is 36.9 Å². The van der Waals surface area contributed by atoms with Gasteiger partial charge in [-0.05, 0) is 25.0 Å². The Hall–Kier alpha value is -1.93. The van der Waals surface area contributed by atoms with E-state index in [-0.39, 0.29) is 5.25 Å². The highest BCUT2D eigenvalue weighted by atomic mass is 32.2. The Morgan fingerprint density at radius 2 is 1.61 bits per heavy atom. The zero-order valence-corrected chi connectivity index (χ0v) is 13.6. The molecule has 1 aliphatic heterocycles. The van der Waals surface area contributed by atoms with E-state index in [2.05, 4.69) is 14.9 Å². The molecule has 23 heavy (non-hydrogen) atoms. The Bertz CT molecular complexity index is 778. The van der Waals surface area contributed by atoms with E-state index in [1.54, 1.807) is 10.6 Å². The van der Waals surface area contributed by atoms with Crippen LogP contribution in [0.1, 0.15) is 12.8 Å². The molecule has 1 saturated carbocycles. The minimum absolute atomic E-state index is 0.131. The number of aromatic nitrogens is 3. The summed E-state index contributed by atoms with van der Waals surface area (Å²) in [5, 5.41) is -0.131. The molecular weight excluding hydrogens is 314 g/mol. The molecule has 0 N–H and O–H groups in total. The van der Waals surface area contributed by atoms with Crippen LogP contribution in [0.15, 0.2) is 36.9 Å². The largest absolute Gasteiger partial charge is 0.354 e. The van der Waals surface area contributed by atoms with Crippen molar-refractivity contribution in [1.29, 1.82) is 0 Å². The van der Waals surface area contributed by atoms with Gasteiger partial charge in [-0.1, -0.05) is 0 Å². The molecule has 0 amide bonds. The summed E-state index contributed by atoms with van der Waals surface area (Å²) in [5.41, 5.74) is 0. The molecule has 2 aromatic heterocycles. The summed E-state index contributed by atoms with van der Waals surface area (Å²) in [7, 11) is -3.07. The average Bonchev–Trinajstić information content (AvgIpc) is 3.31. The van der Waals surface area contributed by atoms with Gasteiger partial charge in [-0.2, -0.15) is 4.31 Å². The van der Waals surface area contributed by atoms with Crippen LogP contribution >= 0.6 is 0 Å². The molecule has 0 spiro atoms. The third kappa shape index (κ3) is 2.84. The molecule has 2 aliphatic rings. The maximum absolute atomic E-state index is 12.3. The molecule has 8 heteroatoms. The molecule has 7 nitrogen and oxygen atoms in total. The summed E-state index contributed by atoms with van der Waals surface area (Å²) in [6, 6.07) is 5.83. The second kappa shape index (κ2) is 5.61. The first-order valence-electron chi connectivity index (χ1n) is 7.84. The van der Waals surface area contributed by atoms with Crippen LogP contribution in [-0.4, -0.2) is 58.7 Å². The second-order valence-electron chi connectivity index (χ2n) is 5.96. The van der Waals surface area contributed by atoms with E-state index >= 15 is 0 Å². The predicted octanol–water partition coefficient (Wildman–Crippen LogP) is 0.881. The summed E-state index contributed by atoms with van der Waals surface area (Å²) in [6.07, 6.45) is 7.06. The molecular formula is C15H19N5O2S. The van der Waals surface area contributed by atoms with Gasteiger partial charge in [-0.25, -0.2) is 18.4 Å². The van der Waals surface area contributed by atoms with E-state index in [9.17, 15) is 8.42 Å². The van der Waals surface area contributed by atoms with Crippen molar-refractivity contribution in [1.82, 2.24) is 18.8 Å². The van der Waals surface area contributed by atoms with Gasteiger partial charge in [0, 0.05) is 44.6 Å². The van der Waals surface area contributed by atoms with Gasteiger partial charge in [-0.3, -0.25) is 0 Å². The number of hydrogen-bond acceptors (Lipinski definition) is 5. The van der Waals surface area contributed by atoms with Crippen LogP contribution in [0.3, 0.4) is 0 Å². The number of anilines is 1. The van der Waals surface area contributed by atoms with Crippen LogP contribution < -0.4 is 4.90 Å². The monoisotopic (exact) mass is 333 g/mol. The number of piperazine rings is 1. The van der Waals surface area contributed by atoms with Gasteiger partial charge in [0.05, 0.1) is 5.25 Å². The van der Waals surface area contributed by atoms with Gasteiger partial charge in [0.15, 0.2) is 0 Å². The summed E-state index contributed by atoms with van der Waals surface area (Å²) < 4.78 is 28.1. The zero-order valence-electron chi connectivity index (χ0n) is 12.7. The van der Waals surface area contributed by atoms with Crippen molar-refractivity contribution in [2.75, 3.05) is 31.1 Å². The fraction of sp³-hybridized carbons (Fsp3) is 0.467. The standard InChI is InChI=1S/C15H19N5O2S/c21-23(22,13-3-4-13)20-9-7-19(8-10-20)15-11-14(16-12-17-15)18-5-1-2-6-18/h1-2,5-6,11-13H,3-4,7-10H2. The van der Waals surface area contributed by atoms with Crippen LogP contribution in [-0.2, 0) is 10.0 Å². The Balaban J connectivity index is 1.47. The van der Waals surface area contributed by atoms with Crippen LogP contribution in [0.25, 0.3) is 5.82 Å². The number of sulfonamides is 1. The molecule has 122 valence electrons. The fourth-order valence-corrected chi connectivity index (χ4v) is 4.71. The molecule has 0 atom stereocenters. The Morgan fingerprint density at radius 1 is 0.957 bits per heavy atom. The first-order valence-corrected chi connectivity index (χ1v) is 9.34. The van der Waals surface area contributed by atoms with Crippen molar-refractivity contribution in [2.45, 2.75) is 18.1 Å². The number of hydrogen-bond donors (Lipinski definition) is 0. The lowest BCUT2D eigenvalue weighted by Gasteiger charge is -2.34. The Kier molecular flexibility index (Phi) is 3.57. The normalized spacial score (nSPS) is 19.9. The lowest BCUT2D eigenvalue weighted by molar-refractivity contribution is 0.383. The van der Waals surface area contributed by atoms with Crippen molar-refractivity contribution in [2.24, 2.45) is 0 Å². The van der Waals surface area contributed by atoms with E-state index in [4.69, 9.17) is 0 Å². The van der Waals surface area contributed by atoms with E-state index in [1.165, 1.54) is 0 Å². The molecule has 4 rings (SSSR count). The molecule has 1 aliphatic carbocycles. The van der Waals surface area contributed by atoms with Crippen molar-refractivity contribution >= 4 is 15.8 Å². The fourth-order valence-electron chi connectivity index (χ4n) is 2.89. The number of nitrogens with zero attached hydrogens (tertiary/aromatic N) is 5. The lowest BCUT2D eigenvalue weighted by Crippen LogP contribution is -2.49. The van der Waals surface area contributed by atoms with Gasteiger partial charge >= 0.3 is 0 Å². The molecule has 0 aromatic carbocycles. The van der Waals surface area contributed by atoms with E-state index in [1.807, 2.05) is 35.2 Å². The SMILES string of the molecule is O=S(=O)(C1CC1)N1CCN(c2cc(-n3cccc3)ncn2)CC1.